The average molecular weight is 591 g/mol. The molecule has 3 fully saturated rings. The number of rotatable bonds is 8. The summed E-state index contributed by atoms with van der Waals surface area (Å²) < 4.78 is 21.4. The number of halogens is 1. The number of anilines is 4. The summed E-state index contributed by atoms with van der Waals surface area (Å²) in [7, 11) is 2.16. The highest BCUT2D eigenvalue weighted by atomic mass is 19.1. The molecule has 3 aliphatic carbocycles. The van der Waals surface area contributed by atoms with Crippen molar-refractivity contribution in [3.63, 3.8) is 0 Å². The Morgan fingerprint density at radius 3 is 2.60 bits per heavy atom. The Hall–Kier alpha value is -3.20. The summed E-state index contributed by atoms with van der Waals surface area (Å²) in [6.45, 7) is 12.9. The zero-order chi connectivity index (χ0) is 30.2. The van der Waals surface area contributed by atoms with Gasteiger partial charge in [0.2, 0.25) is 5.95 Å². The molecule has 0 radical (unpaired) electrons. The van der Waals surface area contributed by atoms with Gasteiger partial charge >= 0.3 is 5.97 Å². The van der Waals surface area contributed by atoms with Gasteiger partial charge in [-0.1, -0.05) is 39.3 Å². The van der Waals surface area contributed by atoms with Crippen LogP contribution in [0, 0.1) is 48.2 Å². The van der Waals surface area contributed by atoms with Crippen LogP contribution in [0.2, 0.25) is 0 Å². The lowest BCUT2D eigenvalue weighted by atomic mass is 9.75. The molecule has 7 atom stereocenters. The minimum Gasteiger partial charge on any atom is -0.462 e. The van der Waals surface area contributed by atoms with Gasteiger partial charge in [-0.05, 0) is 86.6 Å². The van der Waals surface area contributed by atoms with E-state index >= 15 is 4.39 Å². The third kappa shape index (κ3) is 6.37. The summed E-state index contributed by atoms with van der Waals surface area (Å²) in [6.07, 6.45) is 9.46. The number of nitrogens with one attached hydrogen (secondary N) is 2. The van der Waals surface area contributed by atoms with E-state index in [1.165, 1.54) is 18.3 Å². The molecule has 2 saturated carbocycles. The molecule has 1 aromatic heterocycles. The summed E-state index contributed by atoms with van der Waals surface area (Å²) in [5, 5.41) is 6.57. The van der Waals surface area contributed by atoms with Gasteiger partial charge in [-0.25, -0.2) is 9.37 Å². The number of allylic oxidation sites excluding steroid dienone is 1. The molecule has 1 aliphatic heterocycles. The van der Waals surface area contributed by atoms with Gasteiger partial charge in [0.05, 0.1) is 12.1 Å². The molecule has 4 unspecified atom stereocenters. The van der Waals surface area contributed by atoms with Crippen LogP contribution in [0.4, 0.5) is 27.5 Å². The van der Waals surface area contributed by atoms with Crippen LogP contribution in [-0.2, 0) is 9.53 Å². The molecule has 2 N–H and O–H groups in total. The Balaban J connectivity index is 1.15. The number of benzene rings is 1. The van der Waals surface area contributed by atoms with Crippen molar-refractivity contribution in [2.24, 2.45) is 35.5 Å². The van der Waals surface area contributed by atoms with E-state index in [0.29, 0.717) is 23.7 Å². The fourth-order valence-electron chi connectivity index (χ4n) is 7.77. The van der Waals surface area contributed by atoms with Crippen molar-refractivity contribution in [1.82, 2.24) is 14.9 Å². The van der Waals surface area contributed by atoms with Gasteiger partial charge in [-0.2, -0.15) is 4.98 Å². The molecule has 6 rings (SSSR count). The molecule has 2 aromatic rings. The van der Waals surface area contributed by atoms with Crippen LogP contribution in [0.5, 0.6) is 0 Å². The molecule has 0 amide bonds. The van der Waals surface area contributed by atoms with Gasteiger partial charge < -0.3 is 25.2 Å². The van der Waals surface area contributed by atoms with Gasteiger partial charge in [-0.15, -0.1) is 0 Å². The minimum absolute atomic E-state index is 0.0577. The summed E-state index contributed by atoms with van der Waals surface area (Å²) in [4.78, 5) is 27.2. The van der Waals surface area contributed by atoms with Gasteiger partial charge in [0, 0.05) is 43.6 Å². The van der Waals surface area contributed by atoms with E-state index in [0.717, 1.165) is 56.7 Å². The summed E-state index contributed by atoms with van der Waals surface area (Å²) >= 11 is 0. The number of esters is 1. The Morgan fingerprint density at radius 2 is 1.86 bits per heavy atom. The quantitative estimate of drug-likeness (QED) is 0.285. The van der Waals surface area contributed by atoms with Crippen molar-refractivity contribution in [1.29, 1.82) is 0 Å². The number of ether oxygens (including phenoxy) is 1. The van der Waals surface area contributed by atoms with Crippen LogP contribution in [0.1, 0.15) is 52.0 Å². The molecule has 4 aliphatic rings. The molecule has 8 nitrogen and oxygen atoms in total. The Labute approximate surface area is 255 Å². The fourth-order valence-corrected chi connectivity index (χ4v) is 7.77. The van der Waals surface area contributed by atoms with Crippen LogP contribution in [-0.4, -0.2) is 66.2 Å². The molecule has 2 heterocycles. The molecular weight excluding hydrogens is 543 g/mol. The molecule has 1 aromatic carbocycles. The first kappa shape index (κ1) is 29.9. The predicted octanol–water partition coefficient (Wildman–Crippen LogP) is 6.03. The van der Waals surface area contributed by atoms with Crippen molar-refractivity contribution >= 4 is 29.1 Å². The fraction of sp³-hybridized carbons (Fsp3) is 0.618. The highest BCUT2D eigenvalue weighted by molar-refractivity contribution is 5.76. The summed E-state index contributed by atoms with van der Waals surface area (Å²) in [5.74, 6) is 0.976. The van der Waals surface area contributed by atoms with Gasteiger partial charge in [0.15, 0.2) is 11.6 Å². The zero-order valence-corrected chi connectivity index (χ0v) is 26.2. The van der Waals surface area contributed by atoms with E-state index in [1.54, 1.807) is 0 Å². The zero-order valence-electron chi connectivity index (χ0n) is 26.2. The molecule has 0 spiro atoms. The third-order valence-electron chi connectivity index (χ3n) is 10.3. The first-order chi connectivity index (χ1) is 20.7. The molecular formula is C34H47FN6O2. The number of hydrogen-bond acceptors (Lipinski definition) is 8. The highest BCUT2D eigenvalue weighted by Gasteiger charge is 2.50. The predicted molar refractivity (Wildman–Crippen MR) is 169 cm³/mol. The van der Waals surface area contributed by atoms with Crippen LogP contribution < -0.4 is 15.5 Å². The Morgan fingerprint density at radius 1 is 1.09 bits per heavy atom. The lowest BCUT2D eigenvalue weighted by Gasteiger charge is -2.38. The number of carbonyl (C=O) groups excluding carboxylic acids is 1. The van der Waals surface area contributed by atoms with Gasteiger partial charge in [-0.3, -0.25) is 4.79 Å². The number of fused-ring (bicyclic) bond motifs is 2. The lowest BCUT2D eigenvalue weighted by Crippen LogP contribution is -2.44. The van der Waals surface area contributed by atoms with Crippen molar-refractivity contribution in [3.8, 4) is 0 Å². The topological polar surface area (TPSA) is 82.6 Å². The monoisotopic (exact) mass is 590 g/mol. The second-order valence-corrected chi connectivity index (χ2v) is 13.8. The van der Waals surface area contributed by atoms with Crippen LogP contribution in [0.15, 0.2) is 36.5 Å². The number of nitrogens with zero attached hydrogens (tertiary/aromatic N) is 4. The second kappa shape index (κ2) is 12.4. The van der Waals surface area contributed by atoms with Gasteiger partial charge in [0.25, 0.3) is 0 Å². The number of carbonyl (C=O) groups is 1. The van der Waals surface area contributed by atoms with E-state index in [2.05, 4.69) is 89.4 Å². The largest absolute Gasteiger partial charge is 0.462 e. The Kier molecular flexibility index (Phi) is 8.63. The Bertz CT molecular complexity index is 1340. The number of aromatic nitrogens is 2. The van der Waals surface area contributed by atoms with Crippen molar-refractivity contribution in [2.75, 3.05) is 48.8 Å². The minimum atomic E-state index is -0.535. The molecule has 43 heavy (non-hydrogen) atoms. The number of hydrogen-bond donors (Lipinski definition) is 2. The number of aryl methyl sites for hydroxylation is 1. The maximum absolute atomic E-state index is 15.1. The van der Waals surface area contributed by atoms with Gasteiger partial charge in [0.1, 0.15) is 6.10 Å². The number of piperazine rings is 1. The molecule has 2 bridgehead atoms. The van der Waals surface area contributed by atoms with Crippen LogP contribution in [0.3, 0.4) is 0 Å². The molecule has 1 saturated heterocycles. The van der Waals surface area contributed by atoms with Crippen LogP contribution >= 0.6 is 0 Å². The lowest BCUT2D eigenvalue weighted by molar-refractivity contribution is -0.162. The van der Waals surface area contributed by atoms with E-state index < -0.39 is 5.82 Å². The maximum Gasteiger partial charge on any atom is 0.311 e. The van der Waals surface area contributed by atoms with Crippen LogP contribution in [0.25, 0.3) is 0 Å². The summed E-state index contributed by atoms with van der Waals surface area (Å²) in [6, 6.07) is 5.95. The second-order valence-electron chi connectivity index (χ2n) is 13.8. The van der Waals surface area contributed by atoms with Crippen molar-refractivity contribution in [2.45, 2.75) is 65.5 Å². The SMILES string of the molecule is Cc1cc(Nc2ncc(F)c(NC3C4C=CC(C4)C3C(=O)O[C@H]3C[C@@H](C)CC[C@@H]3C(C)C)n2)ccc1N1CCN(C)CC1. The normalized spacial score (nSPS) is 30.6. The third-order valence-corrected chi connectivity index (χ3v) is 10.3. The maximum atomic E-state index is 15.1. The molecule has 232 valence electrons. The first-order valence-corrected chi connectivity index (χ1v) is 16.1. The van der Waals surface area contributed by atoms with E-state index in [-0.39, 0.29) is 41.7 Å². The molecule has 9 heteroatoms. The van der Waals surface area contributed by atoms with Crippen molar-refractivity contribution in [3.05, 3.63) is 47.9 Å². The van der Waals surface area contributed by atoms with E-state index in [4.69, 9.17) is 4.74 Å². The first-order valence-electron chi connectivity index (χ1n) is 16.1. The van der Waals surface area contributed by atoms with Crippen molar-refractivity contribution < 1.29 is 13.9 Å². The average Bonchev–Trinajstić information content (AvgIpc) is 3.58. The van der Waals surface area contributed by atoms with E-state index in [9.17, 15) is 4.79 Å². The smallest absolute Gasteiger partial charge is 0.311 e. The highest BCUT2D eigenvalue weighted by Crippen LogP contribution is 2.46. The summed E-state index contributed by atoms with van der Waals surface area (Å²) in [5.41, 5.74) is 3.24. The standard InChI is InChI=1S/C34H47FN6O2/c1-20(2)26-10-6-21(3)16-29(26)43-33(42)30-23-7-8-24(18-23)31(30)38-32-27(35)19-36-34(39-32)37-25-9-11-28(22(4)17-25)41-14-12-40(5)13-15-41/h7-9,11,17,19-21,23-24,26,29-31H,6,10,12-16,18H2,1-5H3,(H2,36,37,38,39)/t21-,23?,24?,26+,29-,30?,31?/m0/s1. The van der Waals surface area contributed by atoms with E-state index in [1.807, 2.05) is 6.07 Å². The number of likely N-dealkylation sites (N-methyl/N-ethyl adjacent to an activating group) is 1.